The molecule has 4 heteroatoms. The van der Waals surface area contributed by atoms with Gasteiger partial charge < -0.3 is 14.4 Å². The number of thiophene rings is 1. The van der Waals surface area contributed by atoms with Gasteiger partial charge in [0.1, 0.15) is 5.60 Å². The summed E-state index contributed by atoms with van der Waals surface area (Å²) < 4.78 is 6.05. The molecule has 0 saturated carbocycles. The maximum Gasteiger partial charge on any atom is 0.151 e. The molecule has 1 heterocycles. The van der Waals surface area contributed by atoms with Gasteiger partial charge in [0, 0.05) is 11.4 Å². The summed E-state index contributed by atoms with van der Waals surface area (Å²) in [6.45, 7) is 4.78. The van der Waals surface area contributed by atoms with Crippen LogP contribution in [0.4, 0.5) is 0 Å². The standard InChI is InChI=1S/C14H23NO2S/c1-5-14(2,11-16)17-12(8-9-15(3)4)13-7-6-10-18-13/h6-7,10-12H,5,8-9H2,1-4H3. The minimum Gasteiger partial charge on any atom is -0.359 e. The highest BCUT2D eigenvalue weighted by atomic mass is 32.1. The third kappa shape index (κ3) is 4.52. The zero-order valence-electron chi connectivity index (χ0n) is 11.7. The third-order valence-corrected chi connectivity index (χ3v) is 4.03. The monoisotopic (exact) mass is 269 g/mol. The molecule has 18 heavy (non-hydrogen) atoms. The van der Waals surface area contributed by atoms with Gasteiger partial charge >= 0.3 is 0 Å². The van der Waals surface area contributed by atoms with Crippen molar-refractivity contribution >= 4 is 17.6 Å². The van der Waals surface area contributed by atoms with Crippen LogP contribution < -0.4 is 0 Å². The molecule has 3 nitrogen and oxygen atoms in total. The van der Waals surface area contributed by atoms with Crippen molar-refractivity contribution in [3.05, 3.63) is 22.4 Å². The van der Waals surface area contributed by atoms with Crippen LogP contribution in [0.15, 0.2) is 17.5 Å². The van der Waals surface area contributed by atoms with Crippen LogP contribution >= 0.6 is 11.3 Å². The molecule has 2 atom stereocenters. The quantitative estimate of drug-likeness (QED) is 0.679. The fourth-order valence-corrected chi connectivity index (χ4v) is 2.42. The Hall–Kier alpha value is -0.710. The lowest BCUT2D eigenvalue weighted by Gasteiger charge is -2.29. The van der Waals surface area contributed by atoms with Gasteiger partial charge in [0.25, 0.3) is 0 Å². The lowest BCUT2D eigenvalue weighted by atomic mass is 10.0. The van der Waals surface area contributed by atoms with Crippen molar-refractivity contribution in [2.24, 2.45) is 0 Å². The highest BCUT2D eigenvalue weighted by Gasteiger charge is 2.27. The number of nitrogens with zero attached hydrogens (tertiary/aromatic N) is 1. The summed E-state index contributed by atoms with van der Waals surface area (Å²) in [5, 5.41) is 2.05. The lowest BCUT2D eigenvalue weighted by Crippen LogP contribution is -2.32. The van der Waals surface area contributed by atoms with Gasteiger partial charge in [-0.05, 0) is 45.3 Å². The Bertz CT molecular complexity index is 351. The smallest absolute Gasteiger partial charge is 0.151 e. The van der Waals surface area contributed by atoms with Gasteiger partial charge in [-0.2, -0.15) is 0 Å². The first-order chi connectivity index (χ1) is 8.50. The molecular formula is C14H23NO2S. The Morgan fingerprint density at radius 3 is 2.72 bits per heavy atom. The Kier molecular flexibility index (Phi) is 5.99. The number of carbonyl (C=O) groups excluding carboxylic acids is 1. The van der Waals surface area contributed by atoms with Gasteiger partial charge in [0.2, 0.25) is 0 Å². The van der Waals surface area contributed by atoms with Crippen LogP contribution in [0.3, 0.4) is 0 Å². The molecule has 0 spiro atoms. The molecule has 1 aromatic rings. The molecule has 0 aliphatic carbocycles. The molecule has 0 aromatic carbocycles. The van der Waals surface area contributed by atoms with Gasteiger partial charge in [-0.3, -0.25) is 0 Å². The van der Waals surface area contributed by atoms with Crippen LogP contribution in [0.25, 0.3) is 0 Å². The summed E-state index contributed by atoms with van der Waals surface area (Å²) >= 11 is 1.68. The fourth-order valence-electron chi connectivity index (χ4n) is 1.63. The van der Waals surface area contributed by atoms with E-state index >= 15 is 0 Å². The molecule has 1 rings (SSSR count). The second-order valence-electron chi connectivity index (χ2n) is 5.00. The number of ether oxygens (including phenoxy) is 1. The minimum absolute atomic E-state index is 0.00236. The fraction of sp³-hybridized carbons (Fsp3) is 0.643. The zero-order chi connectivity index (χ0) is 13.6. The molecule has 0 aliphatic rings. The molecule has 0 N–H and O–H groups in total. The summed E-state index contributed by atoms with van der Waals surface area (Å²) in [5.41, 5.74) is -0.680. The molecule has 0 saturated heterocycles. The molecule has 0 fully saturated rings. The maximum absolute atomic E-state index is 11.2. The molecule has 0 aliphatic heterocycles. The van der Waals surface area contributed by atoms with Gasteiger partial charge in [-0.25, -0.2) is 0 Å². The number of aldehydes is 1. The first-order valence-corrected chi connectivity index (χ1v) is 7.21. The summed E-state index contributed by atoms with van der Waals surface area (Å²) in [6.07, 6.45) is 2.52. The lowest BCUT2D eigenvalue weighted by molar-refractivity contribution is -0.139. The molecule has 2 unspecified atom stereocenters. The number of carbonyl (C=O) groups is 1. The number of rotatable bonds is 8. The van der Waals surface area contributed by atoms with Gasteiger partial charge in [-0.1, -0.05) is 13.0 Å². The summed E-state index contributed by atoms with van der Waals surface area (Å²) in [4.78, 5) is 14.5. The highest BCUT2D eigenvalue weighted by molar-refractivity contribution is 7.10. The van der Waals surface area contributed by atoms with Crippen molar-refractivity contribution in [2.45, 2.75) is 38.4 Å². The molecular weight excluding hydrogens is 246 g/mol. The van der Waals surface area contributed by atoms with Crippen LogP contribution in [0.2, 0.25) is 0 Å². The Labute approximate surface area is 114 Å². The van der Waals surface area contributed by atoms with E-state index in [0.29, 0.717) is 6.42 Å². The van der Waals surface area contributed by atoms with Crippen molar-refractivity contribution in [1.82, 2.24) is 4.90 Å². The van der Waals surface area contributed by atoms with E-state index in [9.17, 15) is 4.79 Å². The van der Waals surface area contributed by atoms with Gasteiger partial charge in [0.15, 0.2) is 6.29 Å². The van der Waals surface area contributed by atoms with E-state index in [4.69, 9.17) is 4.74 Å². The zero-order valence-corrected chi connectivity index (χ0v) is 12.5. The predicted octanol–water partition coefficient (Wildman–Crippen LogP) is 3.13. The molecule has 1 aromatic heterocycles. The van der Waals surface area contributed by atoms with Crippen LogP contribution in [0.5, 0.6) is 0 Å². The second kappa shape index (κ2) is 7.02. The summed E-state index contributed by atoms with van der Waals surface area (Å²) in [5.74, 6) is 0. The van der Waals surface area contributed by atoms with E-state index in [-0.39, 0.29) is 6.10 Å². The average molecular weight is 269 g/mol. The number of hydrogen-bond acceptors (Lipinski definition) is 4. The second-order valence-corrected chi connectivity index (χ2v) is 5.98. The van der Waals surface area contributed by atoms with Crippen molar-refractivity contribution < 1.29 is 9.53 Å². The SMILES string of the molecule is CCC(C)(C=O)OC(CCN(C)C)c1cccs1. The molecule has 102 valence electrons. The van der Waals surface area contributed by atoms with Crippen molar-refractivity contribution in [2.75, 3.05) is 20.6 Å². The topological polar surface area (TPSA) is 29.5 Å². The third-order valence-electron chi connectivity index (χ3n) is 3.06. The highest BCUT2D eigenvalue weighted by Crippen LogP contribution is 2.31. The minimum atomic E-state index is -0.680. The van der Waals surface area contributed by atoms with Gasteiger partial charge in [0.05, 0.1) is 6.10 Å². The largest absolute Gasteiger partial charge is 0.359 e. The molecule has 0 amide bonds. The van der Waals surface area contributed by atoms with E-state index < -0.39 is 5.60 Å². The Balaban J connectivity index is 2.75. The van der Waals surface area contributed by atoms with Crippen molar-refractivity contribution in [1.29, 1.82) is 0 Å². The molecule has 0 bridgehead atoms. The van der Waals surface area contributed by atoms with E-state index in [1.165, 1.54) is 4.88 Å². The maximum atomic E-state index is 11.2. The summed E-state index contributed by atoms with van der Waals surface area (Å²) in [7, 11) is 4.09. The normalized spacial score (nSPS) is 16.5. The first-order valence-electron chi connectivity index (χ1n) is 6.33. The summed E-state index contributed by atoms with van der Waals surface area (Å²) in [6, 6.07) is 4.10. The van der Waals surface area contributed by atoms with E-state index in [0.717, 1.165) is 19.3 Å². The molecule has 0 radical (unpaired) electrons. The van der Waals surface area contributed by atoms with E-state index in [1.54, 1.807) is 11.3 Å². The van der Waals surface area contributed by atoms with Crippen LogP contribution in [0.1, 0.15) is 37.7 Å². The van der Waals surface area contributed by atoms with E-state index in [2.05, 4.69) is 11.0 Å². The van der Waals surface area contributed by atoms with Crippen LogP contribution in [0, 0.1) is 0 Å². The number of hydrogen-bond donors (Lipinski definition) is 0. The van der Waals surface area contributed by atoms with Crippen LogP contribution in [-0.2, 0) is 9.53 Å². The predicted molar refractivity (Wildman–Crippen MR) is 76.1 cm³/mol. The first kappa shape index (κ1) is 15.3. The van der Waals surface area contributed by atoms with E-state index in [1.807, 2.05) is 39.4 Å². The average Bonchev–Trinajstić information content (AvgIpc) is 2.87. The van der Waals surface area contributed by atoms with Crippen LogP contribution in [-0.4, -0.2) is 37.4 Å². The Morgan fingerprint density at radius 2 is 2.28 bits per heavy atom. The van der Waals surface area contributed by atoms with Crippen molar-refractivity contribution in [3.63, 3.8) is 0 Å². The van der Waals surface area contributed by atoms with Gasteiger partial charge in [-0.15, -0.1) is 11.3 Å². The van der Waals surface area contributed by atoms with Crippen molar-refractivity contribution in [3.8, 4) is 0 Å². The Morgan fingerprint density at radius 1 is 1.56 bits per heavy atom.